The summed E-state index contributed by atoms with van der Waals surface area (Å²) in [7, 11) is 2.09. The highest BCUT2D eigenvalue weighted by Crippen LogP contribution is 2.35. The lowest BCUT2D eigenvalue weighted by Gasteiger charge is -2.10. The predicted molar refractivity (Wildman–Crippen MR) is 103 cm³/mol. The molecule has 0 amide bonds. The molecule has 30 heavy (non-hydrogen) atoms. The van der Waals surface area contributed by atoms with Crippen LogP contribution in [0.5, 0.6) is 11.6 Å². The number of hydrogen-bond donors (Lipinski definition) is 0. The zero-order valence-corrected chi connectivity index (χ0v) is 16.7. The van der Waals surface area contributed by atoms with E-state index in [1.54, 1.807) is 24.3 Å². The van der Waals surface area contributed by atoms with Crippen molar-refractivity contribution in [2.24, 2.45) is 5.92 Å². The molecular formula is C20H18ClF3N4O2. The molecule has 6 nitrogen and oxygen atoms in total. The van der Waals surface area contributed by atoms with Crippen molar-refractivity contribution in [3.05, 3.63) is 53.0 Å². The fourth-order valence-electron chi connectivity index (χ4n) is 3.33. The van der Waals surface area contributed by atoms with Gasteiger partial charge in [0.25, 0.3) is 0 Å². The van der Waals surface area contributed by atoms with E-state index in [0.717, 1.165) is 37.6 Å². The fraction of sp³-hybridized carbons (Fsp3) is 0.350. The minimum Gasteiger partial charge on any atom is -0.438 e. The van der Waals surface area contributed by atoms with Crippen molar-refractivity contribution < 1.29 is 22.4 Å². The standard InChI is InChI=1S/C20H18ClF3N4O2/c1-28-7-6-12(11-28)8-17-26-18(27-30-17)13-2-4-15(5-3-13)29-19-16(21)9-14(10-25-19)20(22,23)24/h2-5,9-10,12H,6-8,11H2,1H3. The summed E-state index contributed by atoms with van der Waals surface area (Å²) in [6.45, 7) is 2.09. The second kappa shape index (κ2) is 8.23. The van der Waals surface area contributed by atoms with Crippen LogP contribution in [0.1, 0.15) is 17.9 Å². The molecule has 0 radical (unpaired) electrons. The quantitative estimate of drug-likeness (QED) is 0.553. The second-order valence-corrected chi connectivity index (χ2v) is 7.68. The van der Waals surface area contributed by atoms with Crippen molar-refractivity contribution in [3.8, 4) is 23.0 Å². The Labute approximate surface area is 175 Å². The van der Waals surface area contributed by atoms with Gasteiger partial charge >= 0.3 is 6.18 Å². The van der Waals surface area contributed by atoms with Crippen molar-refractivity contribution in [1.29, 1.82) is 0 Å². The summed E-state index contributed by atoms with van der Waals surface area (Å²) < 4.78 is 49.0. The van der Waals surface area contributed by atoms with Crippen LogP contribution in [0.4, 0.5) is 13.2 Å². The largest absolute Gasteiger partial charge is 0.438 e. The van der Waals surface area contributed by atoms with E-state index < -0.39 is 11.7 Å². The summed E-state index contributed by atoms with van der Waals surface area (Å²) in [5.74, 6) is 1.84. The molecule has 158 valence electrons. The normalized spacial score (nSPS) is 17.4. The molecule has 4 rings (SSSR count). The van der Waals surface area contributed by atoms with Gasteiger partial charge in [0.15, 0.2) is 0 Å². The van der Waals surface area contributed by atoms with Gasteiger partial charge in [-0.15, -0.1) is 0 Å². The average molecular weight is 439 g/mol. The predicted octanol–water partition coefficient (Wildman–Crippen LogP) is 5.09. The van der Waals surface area contributed by atoms with Crippen LogP contribution in [0.3, 0.4) is 0 Å². The summed E-state index contributed by atoms with van der Waals surface area (Å²) >= 11 is 5.87. The van der Waals surface area contributed by atoms with E-state index in [4.69, 9.17) is 20.9 Å². The number of ether oxygens (including phenoxy) is 1. The van der Waals surface area contributed by atoms with Crippen LogP contribution in [0.25, 0.3) is 11.4 Å². The smallest absolute Gasteiger partial charge is 0.417 e. The van der Waals surface area contributed by atoms with Gasteiger partial charge in [-0.25, -0.2) is 4.98 Å². The molecule has 0 saturated carbocycles. The topological polar surface area (TPSA) is 64.3 Å². The monoisotopic (exact) mass is 438 g/mol. The van der Waals surface area contributed by atoms with Crippen LogP contribution in [0.15, 0.2) is 41.1 Å². The molecule has 1 aliphatic heterocycles. The number of alkyl halides is 3. The van der Waals surface area contributed by atoms with E-state index in [1.165, 1.54) is 0 Å². The van der Waals surface area contributed by atoms with Crippen LogP contribution in [0.2, 0.25) is 5.02 Å². The number of pyridine rings is 1. The first kappa shape index (κ1) is 20.6. The third-order valence-electron chi connectivity index (χ3n) is 4.88. The number of benzene rings is 1. The Morgan fingerprint density at radius 1 is 1.27 bits per heavy atom. The molecule has 0 spiro atoms. The number of halogens is 4. The van der Waals surface area contributed by atoms with Crippen molar-refractivity contribution in [3.63, 3.8) is 0 Å². The highest BCUT2D eigenvalue weighted by atomic mass is 35.5. The first-order valence-electron chi connectivity index (χ1n) is 9.30. The minimum absolute atomic E-state index is 0.110. The third-order valence-corrected chi connectivity index (χ3v) is 5.15. The van der Waals surface area contributed by atoms with Crippen molar-refractivity contribution in [2.75, 3.05) is 20.1 Å². The van der Waals surface area contributed by atoms with Crippen LogP contribution >= 0.6 is 11.6 Å². The summed E-state index contributed by atoms with van der Waals surface area (Å²) in [5, 5.41) is 3.80. The maximum absolute atomic E-state index is 12.7. The molecule has 3 heterocycles. The van der Waals surface area contributed by atoms with Gasteiger partial charge in [-0.05, 0) is 56.3 Å². The Morgan fingerprint density at radius 3 is 2.67 bits per heavy atom. The Bertz CT molecular complexity index is 1020. The van der Waals surface area contributed by atoms with Gasteiger partial charge in [0.2, 0.25) is 17.6 Å². The van der Waals surface area contributed by atoms with E-state index in [0.29, 0.717) is 29.6 Å². The SMILES string of the molecule is CN1CCC(Cc2nc(-c3ccc(Oc4ncc(C(F)(F)F)cc4Cl)cc3)no2)C1. The second-order valence-electron chi connectivity index (χ2n) is 7.27. The Balaban J connectivity index is 1.42. The Kier molecular flexibility index (Phi) is 5.66. The lowest BCUT2D eigenvalue weighted by Crippen LogP contribution is -2.15. The van der Waals surface area contributed by atoms with Crippen molar-refractivity contribution in [2.45, 2.75) is 19.0 Å². The van der Waals surface area contributed by atoms with Gasteiger partial charge in [-0.3, -0.25) is 0 Å². The molecule has 3 aromatic rings. The molecule has 1 aromatic carbocycles. The number of hydrogen-bond acceptors (Lipinski definition) is 6. The molecule has 0 aliphatic carbocycles. The molecule has 1 fully saturated rings. The Morgan fingerprint density at radius 2 is 2.03 bits per heavy atom. The van der Waals surface area contributed by atoms with Crippen molar-refractivity contribution >= 4 is 11.6 Å². The molecule has 0 N–H and O–H groups in total. The molecule has 10 heteroatoms. The number of aromatic nitrogens is 3. The zero-order valence-electron chi connectivity index (χ0n) is 16.0. The Hall–Kier alpha value is -2.65. The summed E-state index contributed by atoms with van der Waals surface area (Å²) in [6.07, 6.45) is -1.98. The molecule has 1 saturated heterocycles. The summed E-state index contributed by atoms with van der Waals surface area (Å²) in [4.78, 5) is 10.4. The van der Waals surface area contributed by atoms with E-state index >= 15 is 0 Å². The van der Waals surface area contributed by atoms with Crippen LogP contribution in [0, 0.1) is 5.92 Å². The van der Waals surface area contributed by atoms with E-state index in [1.807, 2.05) is 0 Å². The van der Waals surface area contributed by atoms with Gasteiger partial charge in [-0.1, -0.05) is 16.8 Å². The molecular weight excluding hydrogens is 421 g/mol. The summed E-state index contributed by atoms with van der Waals surface area (Å²) in [6, 6.07) is 7.50. The number of rotatable bonds is 5. The minimum atomic E-state index is -4.52. The molecule has 1 aliphatic rings. The third kappa shape index (κ3) is 4.73. The average Bonchev–Trinajstić information content (AvgIpc) is 3.32. The molecule has 1 unspecified atom stereocenters. The first-order valence-corrected chi connectivity index (χ1v) is 9.68. The maximum atomic E-state index is 12.7. The van der Waals surface area contributed by atoms with Crippen LogP contribution in [-0.2, 0) is 12.6 Å². The molecule has 1 atom stereocenters. The van der Waals surface area contributed by atoms with E-state index in [9.17, 15) is 13.2 Å². The lowest BCUT2D eigenvalue weighted by atomic mass is 10.1. The highest BCUT2D eigenvalue weighted by Gasteiger charge is 2.31. The van der Waals surface area contributed by atoms with E-state index in [-0.39, 0.29) is 10.9 Å². The van der Waals surface area contributed by atoms with Gasteiger partial charge in [0.05, 0.1) is 5.56 Å². The van der Waals surface area contributed by atoms with Gasteiger partial charge in [0, 0.05) is 24.7 Å². The van der Waals surface area contributed by atoms with Crippen molar-refractivity contribution in [1.82, 2.24) is 20.0 Å². The first-order chi connectivity index (χ1) is 14.3. The van der Waals surface area contributed by atoms with Crippen LogP contribution in [-0.4, -0.2) is 40.2 Å². The van der Waals surface area contributed by atoms with Crippen LogP contribution < -0.4 is 4.74 Å². The zero-order chi connectivity index (χ0) is 21.3. The molecule has 0 bridgehead atoms. The van der Waals surface area contributed by atoms with Gasteiger partial charge in [0.1, 0.15) is 10.8 Å². The maximum Gasteiger partial charge on any atom is 0.417 e. The lowest BCUT2D eigenvalue weighted by molar-refractivity contribution is -0.137. The number of likely N-dealkylation sites (tertiary alicyclic amines) is 1. The molecule has 2 aromatic heterocycles. The summed E-state index contributed by atoms with van der Waals surface area (Å²) in [5.41, 5.74) is -0.209. The number of nitrogens with zero attached hydrogens (tertiary/aromatic N) is 4. The van der Waals surface area contributed by atoms with Gasteiger partial charge in [-0.2, -0.15) is 18.2 Å². The fourth-order valence-corrected chi connectivity index (χ4v) is 3.54. The van der Waals surface area contributed by atoms with Gasteiger partial charge < -0.3 is 14.2 Å². The highest BCUT2D eigenvalue weighted by molar-refractivity contribution is 6.31. The van der Waals surface area contributed by atoms with E-state index in [2.05, 4.69) is 27.1 Å².